The highest BCUT2D eigenvalue weighted by atomic mass is 32.2. The topological polar surface area (TPSA) is 55.2 Å². The van der Waals surface area contributed by atoms with E-state index in [-0.39, 0.29) is 4.90 Å². The van der Waals surface area contributed by atoms with Crippen molar-refractivity contribution in [3.8, 4) is 0 Å². The van der Waals surface area contributed by atoms with Gasteiger partial charge >= 0.3 is 0 Å². The second-order valence-corrected chi connectivity index (χ2v) is 9.06. The van der Waals surface area contributed by atoms with Gasteiger partial charge < -0.3 is 4.90 Å². The first-order valence-electron chi connectivity index (χ1n) is 9.58. The van der Waals surface area contributed by atoms with Crippen LogP contribution in [0.3, 0.4) is 0 Å². The predicted octanol–water partition coefficient (Wildman–Crippen LogP) is 4.13. The van der Waals surface area contributed by atoms with E-state index in [0.717, 1.165) is 55.4 Å². The van der Waals surface area contributed by atoms with E-state index in [9.17, 15) is 8.42 Å². The van der Waals surface area contributed by atoms with Gasteiger partial charge in [-0.25, -0.2) is 17.4 Å². The predicted molar refractivity (Wildman–Crippen MR) is 109 cm³/mol. The van der Waals surface area contributed by atoms with E-state index in [0.29, 0.717) is 5.65 Å². The zero-order valence-electron chi connectivity index (χ0n) is 15.9. The van der Waals surface area contributed by atoms with E-state index in [1.54, 1.807) is 18.3 Å². The number of aromatic nitrogens is 2. The molecule has 0 radical (unpaired) electrons. The Hall–Kier alpha value is -2.34. The molecule has 1 aliphatic heterocycles. The van der Waals surface area contributed by atoms with Crippen LogP contribution in [-0.4, -0.2) is 30.5 Å². The monoisotopic (exact) mass is 383 g/mol. The summed E-state index contributed by atoms with van der Waals surface area (Å²) in [5, 5.41) is 0.930. The third-order valence-corrected chi connectivity index (χ3v) is 6.96. The molecule has 5 nitrogen and oxygen atoms in total. The van der Waals surface area contributed by atoms with Crippen LogP contribution in [0.5, 0.6) is 0 Å². The zero-order chi connectivity index (χ0) is 19.0. The maximum absolute atomic E-state index is 13.2. The highest BCUT2D eigenvalue weighted by molar-refractivity contribution is 7.90. The second-order valence-electron chi connectivity index (χ2n) is 7.24. The first-order valence-corrected chi connectivity index (χ1v) is 11.0. The summed E-state index contributed by atoms with van der Waals surface area (Å²) in [6.45, 7) is 6.15. The molecule has 0 fully saturated rings. The highest BCUT2D eigenvalue weighted by Gasteiger charge is 2.25. The molecule has 6 heteroatoms. The Labute approximate surface area is 160 Å². The van der Waals surface area contributed by atoms with E-state index < -0.39 is 10.0 Å². The van der Waals surface area contributed by atoms with Crippen LogP contribution in [0.15, 0.2) is 47.6 Å². The van der Waals surface area contributed by atoms with E-state index >= 15 is 0 Å². The molecule has 142 valence electrons. The number of fused-ring (bicyclic) bond motifs is 3. The summed E-state index contributed by atoms with van der Waals surface area (Å²) < 4.78 is 27.6. The van der Waals surface area contributed by atoms with Crippen molar-refractivity contribution >= 4 is 26.7 Å². The molecule has 3 aromatic rings. The summed E-state index contributed by atoms with van der Waals surface area (Å²) in [4.78, 5) is 7.22. The molecule has 0 bridgehead atoms. The number of anilines is 1. The van der Waals surface area contributed by atoms with Crippen LogP contribution in [-0.2, 0) is 16.4 Å². The summed E-state index contributed by atoms with van der Waals surface area (Å²) >= 11 is 0. The lowest BCUT2D eigenvalue weighted by atomic mass is 10.0. The lowest BCUT2D eigenvalue weighted by molar-refractivity contribution is 0.588. The van der Waals surface area contributed by atoms with Gasteiger partial charge in [0, 0.05) is 30.9 Å². The minimum absolute atomic E-state index is 0.285. The number of aryl methyl sites for hydroxylation is 2. The van der Waals surface area contributed by atoms with Crippen molar-refractivity contribution in [1.82, 2.24) is 8.96 Å². The third kappa shape index (κ3) is 3.12. The van der Waals surface area contributed by atoms with Crippen molar-refractivity contribution in [3.05, 3.63) is 53.9 Å². The fraction of sp³-hybridized carbons (Fsp3) is 0.381. The van der Waals surface area contributed by atoms with Crippen LogP contribution in [0.4, 0.5) is 5.69 Å². The third-order valence-electron chi connectivity index (χ3n) is 5.28. The van der Waals surface area contributed by atoms with E-state index in [2.05, 4.69) is 16.8 Å². The molecule has 0 atom stereocenters. The molecule has 3 heterocycles. The van der Waals surface area contributed by atoms with Crippen molar-refractivity contribution in [1.29, 1.82) is 0 Å². The smallest absolute Gasteiger partial charge is 0.269 e. The molecule has 2 aromatic heterocycles. The van der Waals surface area contributed by atoms with Gasteiger partial charge in [-0.2, -0.15) is 0 Å². The number of hydrogen-bond donors (Lipinski definition) is 0. The Morgan fingerprint density at radius 3 is 2.67 bits per heavy atom. The van der Waals surface area contributed by atoms with Gasteiger partial charge in [-0.15, -0.1) is 0 Å². The van der Waals surface area contributed by atoms with Crippen LogP contribution in [0.2, 0.25) is 0 Å². The van der Waals surface area contributed by atoms with Gasteiger partial charge in [0.15, 0.2) is 5.65 Å². The van der Waals surface area contributed by atoms with E-state index in [1.807, 2.05) is 31.3 Å². The summed E-state index contributed by atoms with van der Waals surface area (Å²) in [5.41, 5.74) is 3.93. The number of hydrogen-bond acceptors (Lipinski definition) is 4. The van der Waals surface area contributed by atoms with Gasteiger partial charge in [0.25, 0.3) is 10.0 Å². The number of pyridine rings is 1. The summed E-state index contributed by atoms with van der Waals surface area (Å²) in [6.07, 6.45) is 7.88. The van der Waals surface area contributed by atoms with Crippen molar-refractivity contribution in [2.75, 3.05) is 18.0 Å². The standard InChI is InChI=1S/C21H25N3O2S/c1-3-4-12-23-13-5-6-17-15-22-21-19(20(17)23)11-14-24(21)27(25,26)18-9-7-16(2)8-10-18/h7-11,14-15H,3-6,12-13H2,1-2H3. The van der Waals surface area contributed by atoms with Crippen LogP contribution < -0.4 is 4.90 Å². The average molecular weight is 384 g/mol. The Morgan fingerprint density at radius 1 is 1.15 bits per heavy atom. The first kappa shape index (κ1) is 18.0. The molecule has 0 amide bonds. The second kappa shape index (κ2) is 7.00. The van der Waals surface area contributed by atoms with Crippen LogP contribution >= 0.6 is 0 Å². The average Bonchev–Trinajstić information content (AvgIpc) is 3.11. The van der Waals surface area contributed by atoms with Crippen molar-refractivity contribution in [2.24, 2.45) is 0 Å². The summed E-state index contributed by atoms with van der Waals surface area (Å²) in [7, 11) is -3.66. The van der Waals surface area contributed by atoms with Crippen LogP contribution in [0.25, 0.3) is 11.0 Å². The lowest BCUT2D eigenvalue weighted by Gasteiger charge is -2.31. The number of benzene rings is 1. The Morgan fingerprint density at radius 2 is 1.93 bits per heavy atom. The number of unbranched alkanes of at least 4 members (excludes halogenated alkanes) is 1. The Bertz CT molecular complexity index is 1070. The molecule has 0 saturated heterocycles. The van der Waals surface area contributed by atoms with Crippen molar-refractivity contribution in [2.45, 2.75) is 44.4 Å². The van der Waals surface area contributed by atoms with Gasteiger partial charge in [0.1, 0.15) is 0 Å². The van der Waals surface area contributed by atoms with E-state index in [4.69, 9.17) is 0 Å². The zero-order valence-corrected chi connectivity index (χ0v) is 16.7. The Kier molecular flexibility index (Phi) is 4.68. The minimum Gasteiger partial charge on any atom is -0.371 e. The largest absolute Gasteiger partial charge is 0.371 e. The molecule has 0 unspecified atom stereocenters. The van der Waals surface area contributed by atoms with Gasteiger partial charge in [-0.1, -0.05) is 31.0 Å². The number of nitrogens with zero attached hydrogens (tertiary/aromatic N) is 3. The molecule has 4 rings (SSSR count). The molecule has 27 heavy (non-hydrogen) atoms. The minimum atomic E-state index is -3.66. The maximum atomic E-state index is 13.2. The summed E-state index contributed by atoms with van der Waals surface area (Å²) in [6, 6.07) is 8.85. The molecule has 0 N–H and O–H groups in total. The normalized spacial score (nSPS) is 14.5. The SMILES string of the molecule is CCCCN1CCCc2cnc3c(ccn3S(=O)(=O)c3ccc(C)cc3)c21. The molecular weight excluding hydrogens is 358 g/mol. The molecule has 0 spiro atoms. The van der Waals surface area contributed by atoms with Gasteiger partial charge in [-0.3, -0.25) is 0 Å². The molecule has 0 saturated carbocycles. The maximum Gasteiger partial charge on any atom is 0.269 e. The Balaban J connectivity index is 1.84. The van der Waals surface area contributed by atoms with Crippen LogP contribution in [0, 0.1) is 6.92 Å². The van der Waals surface area contributed by atoms with Gasteiger partial charge in [0.05, 0.1) is 10.6 Å². The van der Waals surface area contributed by atoms with Crippen LogP contribution in [0.1, 0.15) is 37.3 Å². The highest BCUT2D eigenvalue weighted by Crippen LogP contribution is 2.35. The van der Waals surface area contributed by atoms with Crippen molar-refractivity contribution in [3.63, 3.8) is 0 Å². The lowest BCUT2D eigenvalue weighted by Crippen LogP contribution is -2.30. The summed E-state index contributed by atoms with van der Waals surface area (Å²) in [5.74, 6) is 0. The fourth-order valence-corrected chi connectivity index (χ4v) is 5.11. The molecular formula is C21H25N3O2S. The number of rotatable bonds is 5. The molecule has 0 aliphatic carbocycles. The van der Waals surface area contributed by atoms with Gasteiger partial charge in [-0.05, 0) is 49.9 Å². The fourth-order valence-electron chi connectivity index (χ4n) is 3.81. The molecule has 1 aromatic carbocycles. The van der Waals surface area contributed by atoms with Crippen molar-refractivity contribution < 1.29 is 8.42 Å². The first-order chi connectivity index (χ1) is 13.0. The van der Waals surface area contributed by atoms with Gasteiger partial charge in [0.2, 0.25) is 0 Å². The quantitative estimate of drug-likeness (QED) is 0.665. The molecule has 1 aliphatic rings. The van der Waals surface area contributed by atoms with E-state index in [1.165, 1.54) is 9.54 Å².